The fourth-order valence-corrected chi connectivity index (χ4v) is 2.59. The van der Waals surface area contributed by atoms with Gasteiger partial charge in [0.2, 0.25) is 5.90 Å². The second-order valence-corrected chi connectivity index (χ2v) is 5.24. The lowest BCUT2D eigenvalue weighted by molar-refractivity contribution is -0.170. The molecule has 114 valence electrons. The molecule has 0 fully saturated rings. The quantitative estimate of drug-likeness (QED) is 0.828. The molecule has 2 aromatic rings. The Labute approximate surface area is 126 Å². The highest BCUT2D eigenvalue weighted by atomic mass is 19.4. The number of hydrogen-bond donors (Lipinski definition) is 0. The molecule has 1 aliphatic heterocycles. The van der Waals surface area contributed by atoms with Crippen molar-refractivity contribution in [2.75, 3.05) is 6.54 Å². The third-order valence-electron chi connectivity index (χ3n) is 3.58. The lowest BCUT2D eigenvalue weighted by Gasteiger charge is -2.30. The number of nitrogens with zero attached hydrogens (tertiary/aromatic N) is 1. The molecule has 1 aliphatic rings. The summed E-state index contributed by atoms with van der Waals surface area (Å²) in [6, 6.07) is 17.4. The topological polar surface area (TPSA) is 21.6 Å². The minimum absolute atomic E-state index is 0.0409. The molecule has 3 rings (SSSR count). The summed E-state index contributed by atoms with van der Waals surface area (Å²) in [5, 5.41) is 0. The van der Waals surface area contributed by atoms with E-state index in [1.807, 2.05) is 6.07 Å². The van der Waals surface area contributed by atoms with Gasteiger partial charge in [-0.1, -0.05) is 48.5 Å². The van der Waals surface area contributed by atoms with Crippen LogP contribution in [0.15, 0.2) is 65.7 Å². The number of alkyl halides is 3. The Kier molecular flexibility index (Phi) is 3.64. The van der Waals surface area contributed by atoms with Gasteiger partial charge in [-0.2, -0.15) is 13.2 Å². The fourth-order valence-electron chi connectivity index (χ4n) is 2.59. The van der Waals surface area contributed by atoms with Crippen molar-refractivity contribution in [3.05, 3.63) is 71.8 Å². The number of halogens is 3. The summed E-state index contributed by atoms with van der Waals surface area (Å²) in [6.45, 7) is -0.0409. The molecule has 0 saturated carbocycles. The molecule has 2 nitrogen and oxygen atoms in total. The maximum atomic E-state index is 13.0. The Bertz CT molecular complexity index is 667. The van der Waals surface area contributed by atoms with Gasteiger partial charge in [-0.25, -0.2) is 4.99 Å². The van der Waals surface area contributed by atoms with E-state index in [-0.39, 0.29) is 12.4 Å². The molecule has 5 heteroatoms. The van der Waals surface area contributed by atoms with Gasteiger partial charge in [0.1, 0.15) is 0 Å². The van der Waals surface area contributed by atoms with E-state index in [1.165, 1.54) is 0 Å². The van der Waals surface area contributed by atoms with Gasteiger partial charge in [0.05, 0.1) is 13.0 Å². The summed E-state index contributed by atoms with van der Waals surface area (Å²) >= 11 is 0. The molecule has 2 aromatic carbocycles. The molecule has 0 N–H and O–H groups in total. The van der Waals surface area contributed by atoms with Crippen LogP contribution in [0.25, 0.3) is 0 Å². The van der Waals surface area contributed by atoms with Crippen molar-refractivity contribution in [3.63, 3.8) is 0 Å². The van der Waals surface area contributed by atoms with Gasteiger partial charge < -0.3 is 4.74 Å². The van der Waals surface area contributed by atoms with E-state index in [0.29, 0.717) is 11.1 Å². The Morgan fingerprint density at radius 3 is 2.14 bits per heavy atom. The maximum absolute atomic E-state index is 13.0. The highest BCUT2D eigenvalue weighted by molar-refractivity contribution is 5.95. The number of benzene rings is 2. The first-order chi connectivity index (χ1) is 10.5. The van der Waals surface area contributed by atoms with Crippen molar-refractivity contribution >= 4 is 5.90 Å². The standard InChI is InChI=1S/C17H14F3NO/c18-17(19,20)11-16(14-9-5-2-6-10-14)12-21-15(22-16)13-7-3-1-4-8-13/h1-10H,11-12H2. The molecular weight excluding hydrogens is 291 g/mol. The van der Waals surface area contributed by atoms with Crippen LogP contribution in [0, 0.1) is 0 Å². The molecule has 1 unspecified atom stereocenters. The van der Waals surface area contributed by atoms with Crippen LogP contribution < -0.4 is 0 Å². The Hall–Kier alpha value is -2.30. The van der Waals surface area contributed by atoms with Crippen LogP contribution in [-0.2, 0) is 10.3 Å². The first-order valence-electron chi connectivity index (χ1n) is 6.90. The zero-order chi connectivity index (χ0) is 15.6. The largest absolute Gasteiger partial charge is 0.464 e. The van der Waals surface area contributed by atoms with E-state index in [0.717, 1.165) is 0 Å². The number of aliphatic imine (C=N–C) groups is 1. The smallest absolute Gasteiger partial charge is 0.393 e. The average Bonchev–Trinajstić information content (AvgIpc) is 2.92. The lowest BCUT2D eigenvalue weighted by Crippen LogP contribution is -2.36. The van der Waals surface area contributed by atoms with Crippen LogP contribution >= 0.6 is 0 Å². The van der Waals surface area contributed by atoms with Gasteiger partial charge in [-0.15, -0.1) is 0 Å². The van der Waals surface area contributed by atoms with E-state index in [9.17, 15) is 13.2 Å². The van der Waals surface area contributed by atoms with Crippen molar-refractivity contribution in [3.8, 4) is 0 Å². The normalized spacial score (nSPS) is 21.3. The highest BCUT2D eigenvalue weighted by Crippen LogP contribution is 2.41. The predicted molar refractivity (Wildman–Crippen MR) is 77.7 cm³/mol. The molecule has 1 atom stereocenters. The third kappa shape index (κ3) is 2.98. The highest BCUT2D eigenvalue weighted by Gasteiger charge is 2.48. The van der Waals surface area contributed by atoms with Crippen LogP contribution in [0.4, 0.5) is 13.2 Å². The summed E-state index contributed by atoms with van der Waals surface area (Å²) in [5.41, 5.74) is -0.311. The Morgan fingerprint density at radius 2 is 1.55 bits per heavy atom. The van der Waals surface area contributed by atoms with Gasteiger partial charge in [-0.05, 0) is 17.7 Å². The monoisotopic (exact) mass is 305 g/mol. The molecule has 1 heterocycles. The molecule has 0 aromatic heterocycles. The van der Waals surface area contributed by atoms with E-state index in [1.54, 1.807) is 54.6 Å². The number of rotatable bonds is 3. The van der Waals surface area contributed by atoms with Crippen LogP contribution in [0.5, 0.6) is 0 Å². The lowest BCUT2D eigenvalue weighted by atomic mass is 9.90. The van der Waals surface area contributed by atoms with Crippen molar-refractivity contribution in [2.24, 2.45) is 4.99 Å². The van der Waals surface area contributed by atoms with E-state index >= 15 is 0 Å². The Balaban J connectivity index is 1.94. The minimum Gasteiger partial charge on any atom is -0.464 e. The van der Waals surface area contributed by atoms with Gasteiger partial charge in [0, 0.05) is 5.56 Å². The van der Waals surface area contributed by atoms with Crippen LogP contribution in [0.1, 0.15) is 17.5 Å². The van der Waals surface area contributed by atoms with Crippen molar-refractivity contribution < 1.29 is 17.9 Å². The summed E-state index contributed by atoms with van der Waals surface area (Å²) in [6.07, 6.45) is -5.40. The van der Waals surface area contributed by atoms with Crippen molar-refractivity contribution in [1.29, 1.82) is 0 Å². The zero-order valence-electron chi connectivity index (χ0n) is 11.7. The summed E-state index contributed by atoms with van der Waals surface area (Å²) in [7, 11) is 0. The van der Waals surface area contributed by atoms with Crippen LogP contribution in [0.3, 0.4) is 0 Å². The average molecular weight is 305 g/mol. The Morgan fingerprint density at radius 1 is 0.955 bits per heavy atom. The fraction of sp³-hybridized carbons (Fsp3) is 0.235. The van der Waals surface area contributed by atoms with E-state index < -0.39 is 18.2 Å². The first-order valence-corrected chi connectivity index (χ1v) is 6.90. The third-order valence-corrected chi connectivity index (χ3v) is 3.58. The summed E-state index contributed by atoms with van der Waals surface area (Å²) in [5.74, 6) is 0.258. The second-order valence-electron chi connectivity index (χ2n) is 5.24. The maximum Gasteiger partial charge on any atom is 0.393 e. The molecule has 0 bridgehead atoms. The predicted octanol–water partition coefficient (Wildman–Crippen LogP) is 4.31. The van der Waals surface area contributed by atoms with Crippen LogP contribution in [0.2, 0.25) is 0 Å². The summed E-state index contributed by atoms with van der Waals surface area (Å²) < 4.78 is 44.8. The van der Waals surface area contributed by atoms with Gasteiger partial charge >= 0.3 is 6.18 Å². The molecule has 22 heavy (non-hydrogen) atoms. The minimum atomic E-state index is -4.34. The second kappa shape index (κ2) is 5.48. The molecule has 0 radical (unpaired) electrons. The van der Waals surface area contributed by atoms with Crippen LogP contribution in [-0.4, -0.2) is 18.6 Å². The van der Waals surface area contributed by atoms with Gasteiger partial charge in [0.25, 0.3) is 0 Å². The first kappa shape index (κ1) is 14.6. The molecule has 0 aliphatic carbocycles. The van der Waals surface area contributed by atoms with E-state index in [4.69, 9.17) is 4.74 Å². The SMILES string of the molecule is FC(F)(F)CC1(c2ccccc2)CN=C(c2ccccc2)O1. The summed E-state index contributed by atoms with van der Waals surface area (Å²) in [4.78, 5) is 4.21. The van der Waals surface area contributed by atoms with Crippen molar-refractivity contribution in [2.45, 2.75) is 18.2 Å². The van der Waals surface area contributed by atoms with E-state index in [2.05, 4.69) is 4.99 Å². The number of hydrogen-bond acceptors (Lipinski definition) is 2. The molecular formula is C17H14F3NO. The zero-order valence-corrected chi connectivity index (χ0v) is 11.7. The molecule has 0 saturated heterocycles. The van der Waals surface area contributed by atoms with Crippen molar-refractivity contribution in [1.82, 2.24) is 0 Å². The molecule has 0 amide bonds. The molecule has 0 spiro atoms. The number of ether oxygens (including phenoxy) is 1. The van der Waals surface area contributed by atoms with Gasteiger partial charge in [0.15, 0.2) is 5.60 Å². The van der Waals surface area contributed by atoms with Gasteiger partial charge in [-0.3, -0.25) is 0 Å².